The predicted molar refractivity (Wildman–Crippen MR) is 69.6 cm³/mol. The Morgan fingerprint density at radius 3 is 2.65 bits per heavy atom. The summed E-state index contributed by atoms with van der Waals surface area (Å²) in [6.45, 7) is 0. The highest BCUT2D eigenvalue weighted by Crippen LogP contribution is 2.28. The largest absolute Gasteiger partial charge is 0.315 e. The molecule has 0 atom stereocenters. The molecule has 2 heterocycles. The number of fused-ring (bicyclic) bond motifs is 1. The van der Waals surface area contributed by atoms with Crippen molar-refractivity contribution in [1.29, 1.82) is 0 Å². The van der Waals surface area contributed by atoms with E-state index in [1.54, 1.807) is 18.6 Å². The molecule has 1 aromatic carbocycles. The number of anilines is 2. The van der Waals surface area contributed by atoms with Crippen LogP contribution >= 0.6 is 0 Å². The van der Waals surface area contributed by atoms with Gasteiger partial charge in [-0.3, -0.25) is 9.98 Å². The molecule has 0 radical (unpaired) electrons. The highest BCUT2D eigenvalue weighted by atomic mass is 15.1. The van der Waals surface area contributed by atoms with Gasteiger partial charge in [-0.2, -0.15) is 0 Å². The Bertz CT molecular complexity index is 573. The van der Waals surface area contributed by atoms with Gasteiger partial charge in [-0.25, -0.2) is 0 Å². The van der Waals surface area contributed by atoms with Gasteiger partial charge in [0, 0.05) is 42.3 Å². The number of hydrogen-bond donors (Lipinski definition) is 0. The van der Waals surface area contributed by atoms with Crippen LogP contribution in [0, 0.1) is 0 Å². The zero-order valence-corrected chi connectivity index (χ0v) is 9.19. The molecular formula is C14H11N3. The summed E-state index contributed by atoms with van der Waals surface area (Å²) in [6.07, 6.45) is 9.19. The molecule has 82 valence electrons. The van der Waals surface area contributed by atoms with Crippen LogP contribution in [-0.4, -0.2) is 11.2 Å². The van der Waals surface area contributed by atoms with Crippen molar-refractivity contribution in [3.8, 4) is 0 Å². The van der Waals surface area contributed by atoms with E-state index >= 15 is 0 Å². The van der Waals surface area contributed by atoms with Gasteiger partial charge < -0.3 is 4.90 Å². The second-order valence-electron chi connectivity index (χ2n) is 3.71. The van der Waals surface area contributed by atoms with Gasteiger partial charge in [0.2, 0.25) is 0 Å². The lowest BCUT2D eigenvalue weighted by Crippen LogP contribution is -2.09. The molecule has 17 heavy (non-hydrogen) atoms. The molecule has 1 aliphatic heterocycles. The molecule has 3 rings (SSSR count). The molecule has 0 bridgehead atoms. The molecule has 0 amide bonds. The van der Waals surface area contributed by atoms with Gasteiger partial charge in [-0.1, -0.05) is 18.2 Å². The molecule has 3 nitrogen and oxygen atoms in total. The summed E-state index contributed by atoms with van der Waals surface area (Å²) in [7, 11) is 0. The van der Waals surface area contributed by atoms with E-state index in [0.29, 0.717) is 0 Å². The highest BCUT2D eigenvalue weighted by Gasteiger charge is 2.10. The third-order valence-electron chi connectivity index (χ3n) is 2.65. The van der Waals surface area contributed by atoms with E-state index < -0.39 is 0 Å². The highest BCUT2D eigenvalue weighted by molar-refractivity contribution is 5.91. The topological polar surface area (TPSA) is 28.5 Å². The van der Waals surface area contributed by atoms with Crippen LogP contribution in [0.1, 0.15) is 5.56 Å². The summed E-state index contributed by atoms with van der Waals surface area (Å²) in [5, 5.41) is 0. The minimum atomic E-state index is 1.08. The monoisotopic (exact) mass is 221 g/mol. The molecule has 0 saturated carbocycles. The van der Waals surface area contributed by atoms with Gasteiger partial charge >= 0.3 is 0 Å². The van der Waals surface area contributed by atoms with Gasteiger partial charge in [0.15, 0.2) is 0 Å². The number of para-hydroxylation sites is 1. The zero-order valence-electron chi connectivity index (χ0n) is 9.19. The lowest BCUT2D eigenvalue weighted by Gasteiger charge is -2.20. The first-order chi connectivity index (χ1) is 8.45. The average Bonchev–Trinajstić information content (AvgIpc) is 2.62. The first-order valence-corrected chi connectivity index (χ1v) is 5.43. The normalized spacial score (nSPS) is 13.3. The molecule has 0 aliphatic carbocycles. The third kappa shape index (κ3) is 1.83. The van der Waals surface area contributed by atoms with Crippen molar-refractivity contribution in [1.82, 2.24) is 4.98 Å². The van der Waals surface area contributed by atoms with Gasteiger partial charge in [0.25, 0.3) is 0 Å². The fraction of sp³-hybridized carbons (Fsp3) is 0. The standard InChI is InChI=1S/C14H11N3/c1-2-4-14-12(3-1)11-16-9-10-17(14)13-5-7-15-8-6-13/h1-11H. The molecule has 0 spiro atoms. The van der Waals surface area contributed by atoms with Crippen molar-refractivity contribution in [2.75, 3.05) is 4.90 Å². The Morgan fingerprint density at radius 1 is 0.941 bits per heavy atom. The van der Waals surface area contributed by atoms with Gasteiger partial charge in [0.1, 0.15) is 0 Å². The van der Waals surface area contributed by atoms with Crippen molar-refractivity contribution in [3.63, 3.8) is 0 Å². The second kappa shape index (κ2) is 4.22. The summed E-state index contributed by atoms with van der Waals surface area (Å²) in [6, 6.07) is 12.1. The first kappa shape index (κ1) is 9.78. The van der Waals surface area contributed by atoms with Crippen molar-refractivity contribution in [3.05, 3.63) is 66.8 Å². The van der Waals surface area contributed by atoms with Crippen molar-refractivity contribution in [2.45, 2.75) is 0 Å². The van der Waals surface area contributed by atoms with Crippen molar-refractivity contribution in [2.24, 2.45) is 4.99 Å². The number of aliphatic imine (C=N–C) groups is 1. The van der Waals surface area contributed by atoms with Crippen LogP contribution < -0.4 is 4.90 Å². The Kier molecular flexibility index (Phi) is 2.43. The van der Waals surface area contributed by atoms with E-state index in [-0.39, 0.29) is 0 Å². The van der Waals surface area contributed by atoms with Crippen LogP contribution in [0.25, 0.3) is 0 Å². The van der Waals surface area contributed by atoms with Crippen LogP contribution in [0.15, 0.2) is 66.2 Å². The first-order valence-electron chi connectivity index (χ1n) is 5.43. The van der Waals surface area contributed by atoms with Gasteiger partial charge in [-0.15, -0.1) is 0 Å². The maximum atomic E-state index is 4.23. The Hall–Kier alpha value is -2.42. The predicted octanol–water partition coefficient (Wildman–Crippen LogP) is 3.12. The summed E-state index contributed by atoms with van der Waals surface area (Å²) in [5.41, 5.74) is 3.31. The number of benzene rings is 1. The summed E-state index contributed by atoms with van der Waals surface area (Å²) < 4.78 is 0. The van der Waals surface area contributed by atoms with E-state index in [1.165, 1.54) is 0 Å². The third-order valence-corrected chi connectivity index (χ3v) is 2.65. The summed E-state index contributed by atoms with van der Waals surface area (Å²) in [5.74, 6) is 0. The number of pyridine rings is 1. The van der Waals surface area contributed by atoms with E-state index in [1.807, 2.05) is 36.7 Å². The Balaban J connectivity index is 2.14. The molecule has 0 saturated heterocycles. The smallest absolute Gasteiger partial charge is 0.0544 e. The number of hydrogen-bond acceptors (Lipinski definition) is 3. The molecule has 1 aliphatic rings. The van der Waals surface area contributed by atoms with Crippen LogP contribution in [0.5, 0.6) is 0 Å². The second-order valence-corrected chi connectivity index (χ2v) is 3.71. The van der Waals surface area contributed by atoms with Crippen LogP contribution in [0.3, 0.4) is 0 Å². The minimum Gasteiger partial charge on any atom is -0.315 e. The molecule has 3 heteroatoms. The van der Waals surface area contributed by atoms with Crippen molar-refractivity contribution >= 4 is 17.6 Å². The minimum absolute atomic E-state index is 1.08. The SMILES string of the molecule is C1=CN(c2ccncc2)c2ccccc2C=N1. The number of nitrogens with zero attached hydrogens (tertiary/aromatic N) is 3. The molecule has 0 fully saturated rings. The Morgan fingerprint density at radius 2 is 1.76 bits per heavy atom. The van der Waals surface area contributed by atoms with Gasteiger partial charge in [-0.05, 0) is 18.2 Å². The van der Waals surface area contributed by atoms with Crippen LogP contribution in [0.2, 0.25) is 0 Å². The summed E-state index contributed by atoms with van der Waals surface area (Å²) in [4.78, 5) is 10.4. The van der Waals surface area contributed by atoms with E-state index in [9.17, 15) is 0 Å². The average molecular weight is 221 g/mol. The summed E-state index contributed by atoms with van der Waals surface area (Å²) >= 11 is 0. The molecular weight excluding hydrogens is 210 g/mol. The van der Waals surface area contributed by atoms with E-state index in [0.717, 1.165) is 16.9 Å². The molecule has 0 unspecified atom stereocenters. The van der Waals surface area contributed by atoms with Crippen molar-refractivity contribution < 1.29 is 0 Å². The lowest BCUT2D eigenvalue weighted by molar-refractivity contribution is 1.24. The zero-order chi connectivity index (χ0) is 11.5. The fourth-order valence-corrected chi connectivity index (χ4v) is 1.85. The fourth-order valence-electron chi connectivity index (χ4n) is 1.85. The molecule has 1 aromatic heterocycles. The molecule has 2 aromatic rings. The van der Waals surface area contributed by atoms with E-state index in [4.69, 9.17) is 0 Å². The van der Waals surface area contributed by atoms with Crippen LogP contribution in [0.4, 0.5) is 11.4 Å². The van der Waals surface area contributed by atoms with E-state index in [2.05, 4.69) is 27.0 Å². The maximum absolute atomic E-state index is 4.23. The quantitative estimate of drug-likeness (QED) is 0.740. The lowest BCUT2D eigenvalue weighted by atomic mass is 10.1. The Labute approximate surface area is 99.8 Å². The van der Waals surface area contributed by atoms with Crippen LogP contribution in [-0.2, 0) is 0 Å². The number of aromatic nitrogens is 1. The molecule has 0 N–H and O–H groups in total. The number of rotatable bonds is 1. The maximum Gasteiger partial charge on any atom is 0.0544 e. The van der Waals surface area contributed by atoms with Gasteiger partial charge in [0.05, 0.1) is 5.69 Å².